The molecule has 22 heavy (non-hydrogen) atoms. The fraction of sp³-hybridized carbons (Fsp3) is 0.933. The van der Waals surface area contributed by atoms with Crippen LogP contribution in [0.25, 0.3) is 0 Å². The van der Waals surface area contributed by atoms with E-state index in [2.05, 4.69) is 31.0 Å². The van der Waals surface area contributed by atoms with E-state index >= 15 is 0 Å². The highest BCUT2D eigenvalue weighted by atomic mass is 32.2. The second-order valence-electron chi connectivity index (χ2n) is 6.97. The van der Waals surface area contributed by atoms with Gasteiger partial charge in [0.15, 0.2) is 0 Å². The van der Waals surface area contributed by atoms with Crippen molar-refractivity contribution in [1.82, 2.24) is 14.5 Å². The molecular formula is C15H31N3O3S. The number of hydrogen-bond acceptors (Lipinski definition) is 4. The molecule has 0 aromatic carbocycles. The lowest BCUT2D eigenvalue weighted by molar-refractivity contribution is -0.121. The first kappa shape index (κ1) is 19.4. The normalized spacial score (nSPS) is 21.1. The number of likely N-dealkylation sites (N-methyl/N-ethyl adjacent to an activating group) is 1. The molecular weight excluding hydrogens is 302 g/mol. The van der Waals surface area contributed by atoms with Gasteiger partial charge in [0, 0.05) is 25.7 Å². The fourth-order valence-corrected chi connectivity index (χ4v) is 3.10. The van der Waals surface area contributed by atoms with Gasteiger partial charge in [-0.05, 0) is 39.2 Å². The Hall–Kier alpha value is -0.660. The van der Waals surface area contributed by atoms with Crippen LogP contribution in [0.4, 0.5) is 0 Å². The summed E-state index contributed by atoms with van der Waals surface area (Å²) in [7, 11) is -1.91. The maximum atomic E-state index is 11.9. The molecule has 0 spiro atoms. The van der Waals surface area contributed by atoms with Crippen LogP contribution in [0.3, 0.4) is 0 Å². The van der Waals surface area contributed by atoms with Crippen LogP contribution in [-0.2, 0) is 14.8 Å². The first-order valence-electron chi connectivity index (χ1n) is 7.99. The molecule has 0 radical (unpaired) electrons. The zero-order chi connectivity index (χ0) is 17.0. The first-order chi connectivity index (χ1) is 10.1. The predicted molar refractivity (Wildman–Crippen MR) is 89.2 cm³/mol. The van der Waals surface area contributed by atoms with Gasteiger partial charge in [-0.25, -0.2) is 8.42 Å². The minimum absolute atomic E-state index is 0.118. The Morgan fingerprint density at radius 2 is 2.05 bits per heavy atom. The molecule has 130 valence electrons. The highest BCUT2D eigenvalue weighted by Crippen LogP contribution is 2.25. The van der Waals surface area contributed by atoms with Gasteiger partial charge in [-0.15, -0.1) is 0 Å². The Balaban J connectivity index is 2.49. The van der Waals surface area contributed by atoms with Crippen LogP contribution in [0, 0.1) is 5.92 Å². The first-order valence-corrected chi connectivity index (χ1v) is 9.84. The van der Waals surface area contributed by atoms with Crippen molar-refractivity contribution in [2.24, 2.45) is 5.92 Å². The molecule has 0 unspecified atom stereocenters. The van der Waals surface area contributed by atoms with Crippen LogP contribution >= 0.6 is 0 Å². The van der Waals surface area contributed by atoms with Crippen molar-refractivity contribution < 1.29 is 13.2 Å². The van der Waals surface area contributed by atoms with Crippen LogP contribution in [0.15, 0.2) is 0 Å². The van der Waals surface area contributed by atoms with E-state index in [0.29, 0.717) is 6.54 Å². The van der Waals surface area contributed by atoms with E-state index in [1.54, 1.807) is 0 Å². The van der Waals surface area contributed by atoms with E-state index < -0.39 is 10.0 Å². The molecule has 0 aliphatic carbocycles. The van der Waals surface area contributed by atoms with Gasteiger partial charge in [-0.1, -0.05) is 13.3 Å². The summed E-state index contributed by atoms with van der Waals surface area (Å²) in [6.45, 7) is 9.01. The van der Waals surface area contributed by atoms with E-state index in [4.69, 9.17) is 0 Å². The Labute approximate surface area is 135 Å². The Morgan fingerprint density at radius 1 is 1.41 bits per heavy atom. The van der Waals surface area contributed by atoms with Crippen molar-refractivity contribution >= 4 is 15.9 Å². The summed E-state index contributed by atoms with van der Waals surface area (Å²) in [5, 5.41) is 2.87. The van der Waals surface area contributed by atoms with Crippen molar-refractivity contribution in [3.05, 3.63) is 0 Å². The molecule has 1 amide bonds. The van der Waals surface area contributed by atoms with Crippen LogP contribution in [0.1, 0.15) is 40.0 Å². The summed E-state index contributed by atoms with van der Waals surface area (Å²) >= 11 is 0. The minimum Gasteiger partial charge on any atom is -0.353 e. The van der Waals surface area contributed by atoms with Gasteiger partial charge < -0.3 is 5.32 Å². The molecule has 1 saturated heterocycles. The van der Waals surface area contributed by atoms with Crippen LogP contribution in [0.5, 0.6) is 0 Å². The van der Waals surface area contributed by atoms with Gasteiger partial charge in [0.05, 0.1) is 12.8 Å². The van der Waals surface area contributed by atoms with Gasteiger partial charge >= 0.3 is 0 Å². The maximum absolute atomic E-state index is 11.9. The van der Waals surface area contributed by atoms with E-state index in [0.717, 1.165) is 29.6 Å². The van der Waals surface area contributed by atoms with Gasteiger partial charge in [0.2, 0.25) is 15.9 Å². The van der Waals surface area contributed by atoms with Gasteiger partial charge in [0.1, 0.15) is 0 Å². The molecule has 1 aliphatic rings. The lowest BCUT2D eigenvalue weighted by Crippen LogP contribution is -2.55. The molecule has 0 aromatic rings. The molecule has 1 heterocycles. The van der Waals surface area contributed by atoms with Gasteiger partial charge in [-0.3, -0.25) is 9.69 Å². The molecule has 1 N–H and O–H groups in total. The van der Waals surface area contributed by atoms with Crippen molar-refractivity contribution in [3.8, 4) is 0 Å². The number of nitrogens with zero attached hydrogens (tertiary/aromatic N) is 2. The molecule has 0 aromatic heterocycles. The lowest BCUT2D eigenvalue weighted by atomic mass is 9.91. The van der Waals surface area contributed by atoms with Crippen LogP contribution in [-0.4, -0.2) is 68.6 Å². The molecule has 1 rings (SSSR count). The summed E-state index contributed by atoms with van der Waals surface area (Å²) in [6, 6.07) is 0. The lowest BCUT2D eigenvalue weighted by Gasteiger charge is -2.43. The third kappa shape index (κ3) is 5.85. The highest BCUT2D eigenvalue weighted by Gasteiger charge is 2.31. The molecule has 1 aliphatic heterocycles. The van der Waals surface area contributed by atoms with Crippen molar-refractivity contribution in [3.63, 3.8) is 0 Å². The summed E-state index contributed by atoms with van der Waals surface area (Å²) in [5.74, 6) is 0.477. The fourth-order valence-electron chi connectivity index (χ4n) is 2.75. The number of piperidine rings is 1. The van der Waals surface area contributed by atoms with Crippen LogP contribution < -0.4 is 5.32 Å². The maximum Gasteiger partial charge on any atom is 0.235 e. The standard InChI is InChI=1S/C15H31N3O3S/c1-6-13-8-7-9-18(10-13)15(2,3)12-16-14(19)11-17(4)22(5,20)21/h13H,6-12H2,1-5H3,(H,16,19)/t13-/m0/s1. The third-order valence-corrected chi connectivity index (χ3v) is 5.86. The number of carbonyl (C=O) groups excluding carboxylic acids is 1. The molecule has 1 fully saturated rings. The molecule has 0 saturated carbocycles. The summed E-state index contributed by atoms with van der Waals surface area (Å²) in [4.78, 5) is 14.4. The van der Waals surface area contributed by atoms with E-state index in [1.165, 1.54) is 26.3 Å². The number of sulfonamides is 1. The Kier molecular flexibility index (Phi) is 6.83. The number of rotatable bonds is 7. The van der Waals surface area contributed by atoms with Gasteiger partial charge in [-0.2, -0.15) is 4.31 Å². The topological polar surface area (TPSA) is 69.7 Å². The summed E-state index contributed by atoms with van der Waals surface area (Å²) < 4.78 is 23.7. The number of likely N-dealkylation sites (tertiary alicyclic amines) is 1. The zero-order valence-corrected chi connectivity index (χ0v) is 15.4. The Morgan fingerprint density at radius 3 is 2.59 bits per heavy atom. The van der Waals surface area contributed by atoms with Gasteiger partial charge in [0.25, 0.3) is 0 Å². The monoisotopic (exact) mass is 333 g/mol. The van der Waals surface area contributed by atoms with E-state index in [-0.39, 0.29) is 18.0 Å². The van der Waals surface area contributed by atoms with Crippen molar-refractivity contribution in [2.45, 2.75) is 45.6 Å². The zero-order valence-electron chi connectivity index (χ0n) is 14.6. The van der Waals surface area contributed by atoms with Crippen LogP contribution in [0.2, 0.25) is 0 Å². The van der Waals surface area contributed by atoms with E-state index in [9.17, 15) is 13.2 Å². The van der Waals surface area contributed by atoms with E-state index in [1.807, 2.05) is 0 Å². The summed E-state index contributed by atoms with van der Waals surface area (Å²) in [6.07, 6.45) is 4.78. The molecule has 7 heteroatoms. The summed E-state index contributed by atoms with van der Waals surface area (Å²) in [5.41, 5.74) is -0.118. The molecule has 1 atom stereocenters. The predicted octanol–water partition coefficient (Wildman–Crippen LogP) is 0.895. The quantitative estimate of drug-likeness (QED) is 0.751. The number of carbonyl (C=O) groups is 1. The molecule has 6 nitrogen and oxygen atoms in total. The molecule has 0 bridgehead atoms. The second-order valence-corrected chi connectivity index (χ2v) is 9.06. The van der Waals surface area contributed by atoms with Crippen molar-refractivity contribution in [1.29, 1.82) is 0 Å². The third-order valence-electron chi connectivity index (χ3n) is 4.60. The average Bonchev–Trinajstić information content (AvgIpc) is 2.44. The highest BCUT2D eigenvalue weighted by molar-refractivity contribution is 7.88. The Bertz CT molecular complexity index is 476. The van der Waals surface area contributed by atoms with Crippen molar-refractivity contribution in [2.75, 3.05) is 39.5 Å². The minimum atomic E-state index is -3.32. The number of hydrogen-bond donors (Lipinski definition) is 1. The number of nitrogens with one attached hydrogen (secondary N) is 1. The average molecular weight is 333 g/mol. The largest absolute Gasteiger partial charge is 0.353 e. The second kappa shape index (κ2) is 7.75. The SMILES string of the molecule is CC[C@H]1CCCN(C(C)(C)CNC(=O)CN(C)S(C)(=O)=O)C1. The number of amides is 1. The smallest absolute Gasteiger partial charge is 0.235 e.